The predicted molar refractivity (Wildman–Crippen MR) is 80.8 cm³/mol. The maximum absolute atomic E-state index is 12.0. The highest BCUT2D eigenvalue weighted by atomic mass is 32.2. The number of aliphatic carboxylic acids is 1. The van der Waals surface area contributed by atoms with Gasteiger partial charge in [0.25, 0.3) is 11.1 Å². The van der Waals surface area contributed by atoms with Gasteiger partial charge in [0, 0.05) is 0 Å². The summed E-state index contributed by atoms with van der Waals surface area (Å²) in [6.07, 6.45) is 1.61. The number of thioether (sulfide) groups is 1. The smallest absolute Gasteiger partial charge is 0.323 e. The minimum atomic E-state index is -1.21. The number of hydrogen-bond donors (Lipinski definition) is 1. The van der Waals surface area contributed by atoms with Crippen LogP contribution in [0.4, 0.5) is 4.79 Å². The molecule has 110 valence electrons. The Bertz CT molecular complexity index is 619. The van der Waals surface area contributed by atoms with Crippen LogP contribution < -0.4 is 0 Å². The van der Waals surface area contributed by atoms with Crippen molar-refractivity contribution in [3.63, 3.8) is 0 Å². The monoisotopic (exact) mass is 305 g/mol. The Kier molecular flexibility index (Phi) is 4.47. The molecule has 1 aliphatic rings. The maximum atomic E-state index is 12.0. The summed E-state index contributed by atoms with van der Waals surface area (Å²) in [5.74, 6) is -1.35. The van der Waals surface area contributed by atoms with Crippen LogP contribution in [0.2, 0.25) is 0 Å². The molecule has 1 heterocycles. The molecule has 2 amide bonds. The van der Waals surface area contributed by atoms with E-state index >= 15 is 0 Å². The van der Waals surface area contributed by atoms with Crippen LogP contribution in [0, 0.1) is 0 Å². The quantitative estimate of drug-likeness (QED) is 0.866. The molecule has 21 heavy (non-hydrogen) atoms. The first-order valence-electron chi connectivity index (χ1n) is 6.45. The summed E-state index contributed by atoms with van der Waals surface area (Å²) in [5, 5.41) is 8.14. The van der Waals surface area contributed by atoms with Crippen LogP contribution >= 0.6 is 11.8 Å². The molecule has 1 aromatic rings. The number of carbonyl (C=O) groups is 3. The van der Waals surface area contributed by atoms with E-state index in [4.69, 9.17) is 5.11 Å². The number of imide groups is 1. The van der Waals surface area contributed by atoms with Gasteiger partial charge in [-0.1, -0.05) is 38.1 Å². The molecule has 0 spiro atoms. The van der Waals surface area contributed by atoms with Crippen molar-refractivity contribution >= 4 is 35.0 Å². The van der Waals surface area contributed by atoms with Gasteiger partial charge in [0.15, 0.2) is 0 Å². The zero-order chi connectivity index (χ0) is 15.6. The van der Waals surface area contributed by atoms with E-state index in [1.54, 1.807) is 6.08 Å². The lowest BCUT2D eigenvalue weighted by molar-refractivity contribution is -0.140. The molecular formula is C15H15NO4S. The van der Waals surface area contributed by atoms with Crippen LogP contribution in [0.3, 0.4) is 0 Å². The summed E-state index contributed by atoms with van der Waals surface area (Å²) in [6.45, 7) is 3.58. The van der Waals surface area contributed by atoms with Gasteiger partial charge in [-0.05, 0) is 34.9 Å². The highest BCUT2D eigenvalue weighted by molar-refractivity contribution is 8.18. The van der Waals surface area contributed by atoms with Crippen molar-refractivity contribution in [2.45, 2.75) is 19.8 Å². The lowest BCUT2D eigenvalue weighted by Gasteiger charge is -2.08. The van der Waals surface area contributed by atoms with Crippen LogP contribution in [0.15, 0.2) is 29.2 Å². The van der Waals surface area contributed by atoms with Crippen LogP contribution in [0.25, 0.3) is 6.08 Å². The lowest BCUT2D eigenvalue weighted by Crippen LogP contribution is -2.33. The number of carboxylic acids is 1. The van der Waals surface area contributed by atoms with E-state index in [-0.39, 0.29) is 4.91 Å². The molecule has 0 unspecified atom stereocenters. The molecule has 0 radical (unpaired) electrons. The van der Waals surface area contributed by atoms with Gasteiger partial charge >= 0.3 is 5.97 Å². The molecule has 0 aliphatic carbocycles. The Morgan fingerprint density at radius 1 is 1.29 bits per heavy atom. The third kappa shape index (κ3) is 3.52. The van der Waals surface area contributed by atoms with E-state index in [0.29, 0.717) is 5.92 Å². The topological polar surface area (TPSA) is 74.7 Å². The Morgan fingerprint density at radius 3 is 2.43 bits per heavy atom. The second-order valence-corrected chi connectivity index (χ2v) is 5.98. The van der Waals surface area contributed by atoms with Gasteiger partial charge < -0.3 is 5.11 Å². The minimum absolute atomic E-state index is 0.249. The molecule has 1 N–H and O–H groups in total. The maximum Gasteiger partial charge on any atom is 0.323 e. The molecule has 6 heteroatoms. The molecule has 0 aromatic heterocycles. The van der Waals surface area contributed by atoms with Gasteiger partial charge in [0.1, 0.15) is 6.54 Å². The third-order valence-corrected chi connectivity index (χ3v) is 3.98. The fourth-order valence-electron chi connectivity index (χ4n) is 1.90. The summed E-state index contributed by atoms with van der Waals surface area (Å²) in [4.78, 5) is 35.2. The SMILES string of the molecule is CC(C)c1ccc(C=C2SC(=O)N(CC(=O)O)C2=O)cc1. The zero-order valence-corrected chi connectivity index (χ0v) is 12.5. The number of nitrogens with zero attached hydrogens (tertiary/aromatic N) is 1. The average Bonchev–Trinajstić information content (AvgIpc) is 2.67. The molecule has 1 aliphatic heterocycles. The van der Waals surface area contributed by atoms with E-state index in [1.165, 1.54) is 5.56 Å². The Hall–Kier alpha value is -2.08. The van der Waals surface area contributed by atoms with Crippen molar-refractivity contribution in [3.05, 3.63) is 40.3 Å². The first-order chi connectivity index (χ1) is 9.88. The molecule has 0 bridgehead atoms. The molecule has 1 fully saturated rings. The summed E-state index contributed by atoms with van der Waals surface area (Å²) in [5.41, 5.74) is 1.99. The van der Waals surface area contributed by atoms with Gasteiger partial charge in [0.2, 0.25) is 0 Å². The number of carboxylic acid groups (broad SMARTS) is 1. The van der Waals surface area contributed by atoms with Crippen LogP contribution in [-0.4, -0.2) is 33.7 Å². The summed E-state index contributed by atoms with van der Waals surface area (Å²) >= 11 is 0.764. The standard InChI is InChI=1S/C15H15NO4S/c1-9(2)11-5-3-10(4-6-11)7-12-14(19)16(8-13(17)18)15(20)21-12/h3-7,9H,8H2,1-2H3,(H,17,18). The Morgan fingerprint density at radius 2 is 1.90 bits per heavy atom. The van der Waals surface area contributed by atoms with E-state index in [1.807, 2.05) is 24.3 Å². The molecule has 1 saturated heterocycles. The summed E-state index contributed by atoms with van der Waals surface area (Å²) in [6, 6.07) is 7.69. The molecule has 5 nitrogen and oxygen atoms in total. The van der Waals surface area contributed by atoms with E-state index < -0.39 is 23.7 Å². The van der Waals surface area contributed by atoms with E-state index in [9.17, 15) is 14.4 Å². The summed E-state index contributed by atoms with van der Waals surface area (Å²) in [7, 11) is 0. The highest BCUT2D eigenvalue weighted by Gasteiger charge is 2.36. The first kappa shape index (κ1) is 15.3. The van der Waals surface area contributed by atoms with Crippen molar-refractivity contribution in [2.75, 3.05) is 6.54 Å². The minimum Gasteiger partial charge on any atom is -0.480 e. The van der Waals surface area contributed by atoms with Gasteiger partial charge in [-0.15, -0.1) is 0 Å². The van der Waals surface area contributed by atoms with Crippen molar-refractivity contribution in [3.8, 4) is 0 Å². The zero-order valence-electron chi connectivity index (χ0n) is 11.7. The average molecular weight is 305 g/mol. The fraction of sp³-hybridized carbons (Fsp3) is 0.267. The number of hydrogen-bond acceptors (Lipinski definition) is 4. The van der Waals surface area contributed by atoms with Crippen molar-refractivity contribution in [1.82, 2.24) is 4.90 Å². The van der Waals surface area contributed by atoms with Crippen LogP contribution in [-0.2, 0) is 9.59 Å². The molecule has 1 aromatic carbocycles. The van der Waals surface area contributed by atoms with Crippen LogP contribution in [0.1, 0.15) is 30.9 Å². The fourth-order valence-corrected chi connectivity index (χ4v) is 2.74. The number of carbonyl (C=O) groups excluding carboxylic acids is 2. The molecular weight excluding hydrogens is 290 g/mol. The number of benzene rings is 1. The van der Waals surface area contributed by atoms with E-state index in [0.717, 1.165) is 22.2 Å². The number of amides is 2. The molecule has 0 atom stereocenters. The lowest BCUT2D eigenvalue weighted by atomic mass is 10.0. The van der Waals surface area contributed by atoms with Crippen molar-refractivity contribution in [1.29, 1.82) is 0 Å². The Balaban J connectivity index is 2.20. The van der Waals surface area contributed by atoms with Crippen molar-refractivity contribution in [2.24, 2.45) is 0 Å². The van der Waals surface area contributed by atoms with Crippen LogP contribution in [0.5, 0.6) is 0 Å². The van der Waals surface area contributed by atoms with Gasteiger partial charge in [-0.25, -0.2) is 0 Å². The normalized spacial score (nSPS) is 17.1. The third-order valence-electron chi connectivity index (χ3n) is 3.07. The Labute approximate surface area is 126 Å². The second-order valence-electron chi connectivity index (χ2n) is 4.98. The largest absolute Gasteiger partial charge is 0.480 e. The number of rotatable bonds is 4. The second kappa shape index (κ2) is 6.13. The van der Waals surface area contributed by atoms with Gasteiger partial charge in [0.05, 0.1) is 4.91 Å². The molecule has 2 rings (SSSR count). The summed E-state index contributed by atoms with van der Waals surface area (Å²) < 4.78 is 0. The van der Waals surface area contributed by atoms with E-state index in [2.05, 4.69) is 13.8 Å². The van der Waals surface area contributed by atoms with Gasteiger partial charge in [-0.2, -0.15) is 0 Å². The highest BCUT2D eigenvalue weighted by Crippen LogP contribution is 2.32. The van der Waals surface area contributed by atoms with Gasteiger partial charge in [-0.3, -0.25) is 19.3 Å². The first-order valence-corrected chi connectivity index (χ1v) is 7.27. The van der Waals surface area contributed by atoms with Crippen molar-refractivity contribution < 1.29 is 19.5 Å². The molecule has 0 saturated carbocycles. The predicted octanol–water partition coefficient (Wildman–Crippen LogP) is 2.93.